The van der Waals surface area contributed by atoms with Crippen LogP contribution in [0, 0.1) is 13.8 Å². The summed E-state index contributed by atoms with van der Waals surface area (Å²) in [4.78, 5) is 20.7. The van der Waals surface area contributed by atoms with Crippen LogP contribution in [-0.2, 0) is 0 Å². The van der Waals surface area contributed by atoms with Crippen LogP contribution in [0.25, 0.3) is 11.9 Å². The molecule has 7 heteroatoms. The molecule has 0 saturated heterocycles. The van der Waals surface area contributed by atoms with E-state index in [1.54, 1.807) is 6.21 Å². The number of hydrogen-bond acceptors (Lipinski definition) is 5. The normalized spacial score (nSPS) is 12.3. The average molecular weight is 376 g/mol. The third-order valence-electron chi connectivity index (χ3n) is 4.25. The average Bonchev–Trinajstić information content (AvgIpc) is 3.06. The van der Waals surface area contributed by atoms with Crippen LogP contribution in [0.4, 0.5) is 0 Å². The van der Waals surface area contributed by atoms with E-state index in [2.05, 4.69) is 63.7 Å². The summed E-state index contributed by atoms with van der Waals surface area (Å²) < 4.78 is 1.54. The highest BCUT2D eigenvalue weighted by Gasteiger charge is 2.14. The minimum Gasteiger partial charge on any atom is -0.264 e. The summed E-state index contributed by atoms with van der Waals surface area (Å²) in [6.07, 6.45) is 3.59. The van der Waals surface area contributed by atoms with Gasteiger partial charge in [-0.15, -0.1) is 5.10 Å². The zero-order chi connectivity index (χ0) is 20.3. The highest BCUT2D eigenvalue weighted by atomic mass is 16.2. The van der Waals surface area contributed by atoms with Crippen molar-refractivity contribution in [1.82, 2.24) is 25.0 Å². The van der Waals surface area contributed by atoms with E-state index in [0.717, 1.165) is 22.5 Å². The molecular formula is C21H24N6O. The van der Waals surface area contributed by atoms with Crippen LogP contribution < -0.4 is 5.43 Å². The summed E-state index contributed by atoms with van der Waals surface area (Å²) in [5, 5.41) is 8.18. The topological polar surface area (TPSA) is 84.5 Å². The van der Waals surface area contributed by atoms with Crippen molar-refractivity contribution >= 4 is 24.0 Å². The minimum absolute atomic E-state index is 0.0317. The maximum atomic E-state index is 12.2. The molecule has 0 atom stereocenters. The van der Waals surface area contributed by atoms with Crippen molar-refractivity contribution < 1.29 is 4.79 Å². The predicted octanol–water partition coefficient (Wildman–Crippen LogP) is 3.68. The van der Waals surface area contributed by atoms with Gasteiger partial charge in [-0.3, -0.25) is 4.79 Å². The molecule has 1 N–H and O–H groups in total. The first kappa shape index (κ1) is 19.4. The number of carbonyl (C=O) groups is 1. The fourth-order valence-corrected chi connectivity index (χ4v) is 2.78. The molecular weight excluding hydrogens is 352 g/mol. The van der Waals surface area contributed by atoms with Gasteiger partial charge in [0.1, 0.15) is 0 Å². The lowest BCUT2D eigenvalue weighted by atomic mass is 10.0. The summed E-state index contributed by atoms with van der Waals surface area (Å²) >= 11 is 0. The van der Waals surface area contributed by atoms with E-state index >= 15 is 0 Å². The quantitative estimate of drug-likeness (QED) is 0.544. The van der Waals surface area contributed by atoms with E-state index in [1.165, 1.54) is 10.1 Å². The highest BCUT2D eigenvalue weighted by Crippen LogP contribution is 2.16. The second kappa shape index (κ2) is 8.12. The van der Waals surface area contributed by atoms with Crippen LogP contribution in [0.15, 0.2) is 41.0 Å². The Kier molecular flexibility index (Phi) is 5.63. The summed E-state index contributed by atoms with van der Waals surface area (Å²) in [6.45, 7) is 10.0. The van der Waals surface area contributed by atoms with E-state index in [0.29, 0.717) is 11.7 Å². The molecule has 1 amide bonds. The van der Waals surface area contributed by atoms with Crippen molar-refractivity contribution in [1.29, 1.82) is 0 Å². The van der Waals surface area contributed by atoms with Gasteiger partial charge < -0.3 is 0 Å². The number of nitrogens with zero attached hydrogens (tertiary/aromatic N) is 5. The summed E-state index contributed by atoms with van der Waals surface area (Å²) in [6, 6.07) is 10.3. The van der Waals surface area contributed by atoms with E-state index < -0.39 is 5.91 Å². The first-order valence-corrected chi connectivity index (χ1v) is 9.16. The molecule has 28 heavy (non-hydrogen) atoms. The molecule has 1 aromatic carbocycles. The molecule has 3 aromatic rings. The molecule has 144 valence electrons. The van der Waals surface area contributed by atoms with Crippen molar-refractivity contribution in [3.8, 4) is 0 Å². The Morgan fingerprint density at radius 2 is 1.89 bits per heavy atom. The third kappa shape index (κ3) is 4.49. The Morgan fingerprint density at radius 3 is 2.57 bits per heavy atom. The maximum Gasteiger partial charge on any atom is 0.311 e. The molecule has 0 bridgehead atoms. The van der Waals surface area contributed by atoms with Gasteiger partial charge in [-0.25, -0.2) is 14.9 Å². The van der Waals surface area contributed by atoms with Crippen molar-refractivity contribution in [2.24, 2.45) is 5.10 Å². The van der Waals surface area contributed by atoms with Gasteiger partial charge in [-0.05, 0) is 49.5 Å². The Labute approximate surface area is 164 Å². The molecule has 0 aliphatic carbocycles. The molecule has 7 nitrogen and oxygen atoms in total. The Morgan fingerprint density at radius 1 is 1.18 bits per heavy atom. The lowest BCUT2D eigenvalue weighted by Crippen LogP contribution is -2.19. The standard InChI is InChI=1S/C21H24N6O/c1-13(2)18-8-6-17(7-9-18)10-14(3)12-22-25-20(28)19-24-21-23-15(4)11-16(5)27(21)26-19/h6-13H,1-5H3,(H,25,28)/b14-10+,22-12-. The van der Waals surface area contributed by atoms with Gasteiger partial charge in [-0.1, -0.05) is 44.2 Å². The van der Waals surface area contributed by atoms with Crippen LogP contribution in [0.3, 0.4) is 0 Å². The smallest absolute Gasteiger partial charge is 0.264 e. The summed E-state index contributed by atoms with van der Waals surface area (Å²) in [5.41, 5.74) is 7.44. The molecule has 2 heterocycles. The lowest BCUT2D eigenvalue weighted by Gasteiger charge is -2.04. The van der Waals surface area contributed by atoms with Crippen molar-refractivity contribution in [2.45, 2.75) is 40.5 Å². The number of aryl methyl sites for hydroxylation is 2. The van der Waals surface area contributed by atoms with Gasteiger partial charge in [0.15, 0.2) is 0 Å². The number of allylic oxidation sites excluding steroid dienone is 1. The largest absolute Gasteiger partial charge is 0.311 e. The molecule has 0 spiro atoms. The fraction of sp³-hybridized carbons (Fsp3) is 0.286. The molecule has 3 rings (SSSR count). The summed E-state index contributed by atoms with van der Waals surface area (Å²) in [5.74, 6) is 0.455. The van der Waals surface area contributed by atoms with Crippen molar-refractivity contribution in [2.75, 3.05) is 0 Å². The zero-order valence-corrected chi connectivity index (χ0v) is 16.8. The second-order valence-electron chi connectivity index (χ2n) is 7.09. The van der Waals surface area contributed by atoms with Gasteiger partial charge in [-0.2, -0.15) is 10.1 Å². The van der Waals surface area contributed by atoms with E-state index in [4.69, 9.17) is 0 Å². The van der Waals surface area contributed by atoms with Crippen molar-refractivity contribution in [3.05, 3.63) is 64.2 Å². The molecule has 0 aliphatic rings. The zero-order valence-electron chi connectivity index (χ0n) is 16.8. The van der Waals surface area contributed by atoms with Gasteiger partial charge >= 0.3 is 5.91 Å². The minimum atomic E-state index is -0.479. The SMILES string of the molecule is CC(/C=N\NC(=O)c1nc2nc(C)cc(C)n2n1)=C\c1ccc(C(C)C)cc1. The van der Waals surface area contributed by atoms with Crippen molar-refractivity contribution in [3.63, 3.8) is 0 Å². The molecule has 0 aliphatic heterocycles. The molecule has 2 aromatic heterocycles. The number of rotatable bonds is 5. The van der Waals surface area contributed by atoms with Crippen LogP contribution in [0.5, 0.6) is 0 Å². The Hall–Kier alpha value is -3.35. The number of hydrazone groups is 1. The molecule has 0 radical (unpaired) electrons. The fourth-order valence-electron chi connectivity index (χ4n) is 2.78. The monoisotopic (exact) mass is 376 g/mol. The van der Waals surface area contributed by atoms with E-state index in [-0.39, 0.29) is 5.82 Å². The van der Waals surface area contributed by atoms with Crippen LogP contribution in [0.1, 0.15) is 59.8 Å². The Bertz CT molecular complexity index is 1060. The second-order valence-corrected chi connectivity index (χ2v) is 7.09. The number of amides is 1. The van der Waals surface area contributed by atoms with Gasteiger partial charge in [0.2, 0.25) is 5.82 Å². The molecule has 0 unspecified atom stereocenters. The Balaban J connectivity index is 1.66. The maximum absolute atomic E-state index is 12.2. The first-order chi connectivity index (χ1) is 13.3. The van der Waals surface area contributed by atoms with E-state index in [1.807, 2.05) is 32.9 Å². The number of carbonyl (C=O) groups excluding carboxylic acids is 1. The lowest BCUT2D eigenvalue weighted by molar-refractivity contribution is 0.0945. The predicted molar refractivity (Wildman–Crippen MR) is 110 cm³/mol. The van der Waals surface area contributed by atoms with Gasteiger partial charge in [0.05, 0.1) is 6.21 Å². The number of fused-ring (bicyclic) bond motifs is 1. The third-order valence-corrected chi connectivity index (χ3v) is 4.25. The first-order valence-electron chi connectivity index (χ1n) is 9.16. The highest BCUT2D eigenvalue weighted by molar-refractivity contribution is 5.92. The van der Waals surface area contributed by atoms with Crippen LogP contribution >= 0.6 is 0 Å². The molecule has 0 fully saturated rings. The van der Waals surface area contributed by atoms with Crippen LogP contribution in [-0.4, -0.2) is 31.7 Å². The number of aromatic nitrogens is 4. The molecule has 0 saturated carbocycles. The summed E-state index contributed by atoms with van der Waals surface area (Å²) in [7, 11) is 0. The van der Waals surface area contributed by atoms with Crippen LogP contribution in [0.2, 0.25) is 0 Å². The van der Waals surface area contributed by atoms with Gasteiger partial charge in [0, 0.05) is 11.4 Å². The number of hydrogen-bond donors (Lipinski definition) is 1. The number of nitrogens with one attached hydrogen (secondary N) is 1. The van der Waals surface area contributed by atoms with E-state index in [9.17, 15) is 4.79 Å². The van der Waals surface area contributed by atoms with Gasteiger partial charge in [0.25, 0.3) is 5.78 Å². The number of benzene rings is 1.